The Bertz CT molecular complexity index is 460. The second-order valence-electron chi connectivity index (χ2n) is 4.12. The fourth-order valence-electron chi connectivity index (χ4n) is 1.60. The molecule has 0 fully saturated rings. The minimum absolute atomic E-state index is 0.0988. The van der Waals surface area contributed by atoms with Gasteiger partial charge in [-0.25, -0.2) is 0 Å². The highest BCUT2D eigenvalue weighted by molar-refractivity contribution is 7.98. The molecular weight excluding hydrogens is 262 g/mol. The molecule has 1 aromatic carbocycles. The molecule has 0 radical (unpaired) electrons. The number of carbonyl (C=O) groups is 2. The van der Waals surface area contributed by atoms with E-state index in [1.165, 1.54) is 7.11 Å². The zero-order valence-corrected chi connectivity index (χ0v) is 12.3. The SMILES string of the molecule is COC(=O)CCCNC(=O)c1cc(SC)ccc1C. The maximum absolute atomic E-state index is 12.0. The Morgan fingerprint density at radius 2 is 2.11 bits per heavy atom. The summed E-state index contributed by atoms with van der Waals surface area (Å²) >= 11 is 1.60. The van der Waals surface area contributed by atoms with Gasteiger partial charge in [0.2, 0.25) is 0 Å². The van der Waals surface area contributed by atoms with Gasteiger partial charge in [0.25, 0.3) is 5.91 Å². The molecule has 0 aliphatic carbocycles. The predicted octanol–water partition coefficient (Wildman–Crippen LogP) is 2.40. The van der Waals surface area contributed by atoms with E-state index >= 15 is 0 Å². The summed E-state index contributed by atoms with van der Waals surface area (Å²) in [5, 5.41) is 2.81. The number of carbonyl (C=O) groups excluding carboxylic acids is 2. The van der Waals surface area contributed by atoms with Crippen molar-refractivity contribution in [3.8, 4) is 0 Å². The van der Waals surface area contributed by atoms with Gasteiger partial charge in [-0.05, 0) is 37.3 Å². The summed E-state index contributed by atoms with van der Waals surface area (Å²) in [6.45, 7) is 2.38. The molecule has 4 nitrogen and oxygen atoms in total. The molecule has 104 valence electrons. The van der Waals surface area contributed by atoms with Crippen molar-refractivity contribution in [2.75, 3.05) is 19.9 Å². The van der Waals surface area contributed by atoms with Gasteiger partial charge in [0.15, 0.2) is 0 Å². The fraction of sp³-hybridized carbons (Fsp3) is 0.429. The number of nitrogens with one attached hydrogen (secondary N) is 1. The van der Waals surface area contributed by atoms with E-state index in [-0.39, 0.29) is 11.9 Å². The molecule has 0 aliphatic heterocycles. The van der Waals surface area contributed by atoms with E-state index in [0.717, 1.165) is 10.5 Å². The van der Waals surface area contributed by atoms with Crippen molar-refractivity contribution >= 4 is 23.6 Å². The molecule has 5 heteroatoms. The number of esters is 1. The van der Waals surface area contributed by atoms with E-state index in [1.54, 1.807) is 11.8 Å². The van der Waals surface area contributed by atoms with Crippen LogP contribution in [0, 0.1) is 6.92 Å². The molecule has 0 saturated carbocycles. The summed E-state index contributed by atoms with van der Waals surface area (Å²) in [6.07, 6.45) is 2.88. The van der Waals surface area contributed by atoms with Crippen LogP contribution in [0.5, 0.6) is 0 Å². The van der Waals surface area contributed by atoms with Gasteiger partial charge in [-0.15, -0.1) is 11.8 Å². The first kappa shape index (κ1) is 15.6. The molecule has 0 spiro atoms. The number of ether oxygens (including phenoxy) is 1. The first-order valence-electron chi connectivity index (χ1n) is 6.08. The van der Waals surface area contributed by atoms with Gasteiger partial charge in [0, 0.05) is 23.4 Å². The van der Waals surface area contributed by atoms with Crippen molar-refractivity contribution in [2.45, 2.75) is 24.7 Å². The van der Waals surface area contributed by atoms with E-state index in [2.05, 4.69) is 10.1 Å². The molecule has 0 aromatic heterocycles. The zero-order valence-electron chi connectivity index (χ0n) is 11.5. The highest BCUT2D eigenvalue weighted by Gasteiger charge is 2.09. The molecule has 1 rings (SSSR count). The van der Waals surface area contributed by atoms with Crippen LogP contribution >= 0.6 is 11.8 Å². The van der Waals surface area contributed by atoms with Gasteiger partial charge in [-0.1, -0.05) is 6.07 Å². The van der Waals surface area contributed by atoms with Crippen molar-refractivity contribution in [2.24, 2.45) is 0 Å². The second kappa shape index (κ2) is 7.84. The molecule has 0 aliphatic rings. The third kappa shape index (κ3) is 4.95. The molecule has 0 heterocycles. The summed E-state index contributed by atoms with van der Waals surface area (Å²) in [7, 11) is 1.36. The predicted molar refractivity (Wildman–Crippen MR) is 76.5 cm³/mol. The van der Waals surface area contributed by atoms with E-state index in [4.69, 9.17) is 0 Å². The van der Waals surface area contributed by atoms with Crippen LogP contribution in [-0.2, 0) is 9.53 Å². The van der Waals surface area contributed by atoms with Gasteiger partial charge < -0.3 is 10.1 Å². The summed E-state index contributed by atoms with van der Waals surface area (Å²) in [4.78, 5) is 24.0. The maximum Gasteiger partial charge on any atom is 0.305 e. The molecule has 0 bridgehead atoms. The summed E-state index contributed by atoms with van der Waals surface area (Å²) in [5.74, 6) is -0.354. The smallest absolute Gasteiger partial charge is 0.305 e. The molecule has 0 unspecified atom stereocenters. The van der Waals surface area contributed by atoms with Gasteiger partial charge in [-0.3, -0.25) is 9.59 Å². The Labute approximate surface area is 117 Å². The fourth-order valence-corrected chi connectivity index (χ4v) is 2.04. The lowest BCUT2D eigenvalue weighted by molar-refractivity contribution is -0.140. The van der Waals surface area contributed by atoms with Gasteiger partial charge in [0.1, 0.15) is 0 Å². The lowest BCUT2D eigenvalue weighted by atomic mass is 10.1. The maximum atomic E-state index is 12.0. The summed E-state index contributed by atoms with van der Waals surface area (Å²) < 4.78 is 4.54. The van der Waals surface area contributed by atoms with E-state index in [0.29, 0.717) is 24.9 Å². The van der Waals surface area contributed by atoms with Gasteiger partial charge in [0.05, 0.1) is 7.11 Å². The Morgan fingerprint density at radius 1 is 1.37 bits per heavy atom. The van der Waals surface area contributed by atoms with Crippen LogP contribution in [0.15, 0.2) is 23.1 Å². The molecule has 1 aromatic rings. The van der Waals surface area contributed by atoms with Crippen molar-refractivity contribution < 1.29 is 14.3 Å². The number of methoxy groups -OCH3 is 1. The number of thioether (sulfide) groups is 1. The molecule has 1 amide bonds. The van der Waals surface area contributed by atoms with Crippen LogP contribution in [0.1, 0.15) is 28.8 Å². The molecule has 19 heavy (non-hydrogen) atoms. The number of hydrogen-bond donors (Lipinski definition) is 1. The second-order valence-corrected chi connectivity index (χ2v) is 5.00. The van der Waals surface area contributed by atoms with E-state index < -0.39 is 0 Å². The molecule has 0 saturated heterocycles. The van der Waals surface area contributed by atoms with Crippen molar-refractivity contribution in [3.05, 3.63) is 29.3 Å². The lowest BCUT2D eigenvalue weighted by Crippen LogP contribution is -2.25. The minimum Gasteiger partial charge on any atom is -0.469 e. The van der Waals surface area contributed by atoms with Gasteiger partial charge in [-0.2, -0.15) is 0 Å². The van der Waals surface area contributed by atoms with Crippen molar-refractivity contribution in [1.82, 2.24) is 5.32 Å². The van der Waals surface area contributed by atoms with Crippen LogP contribution in [0.25, 0.3) is 0 Å². The number of benzene rings is 1. The standard InChI is InChI=1S/C14H19NO3S/c1-10-6-7-11(19-3)9-12(10)14(17)15-8-4-5-13(16)18-2/h6-7,9H,4-5,8H2,1-3H3,(H,15,17). The van der Waals surface area contributed by atoms with Crippen molar-refractivity contribution in [1.29, 1.82) is 0 Å². The average Bonchev–Trinajstić information content (AvgIpc) is 2.43. The zero-order chi connectivity index (χ0) is 14.3. The number of hydrogen-bond acceptors (Lipinski definition) is 4. The Hall–Kier alpha value is -1.49. The number of amides is 1. The van der Waals surface area contributed by atoms with Crippen LogP contribution in [0.4, 0.5) is 0 Å². The molecular formula is C14H19NO3S. The van der Waals surface area contributed by atoms with Crippen molar-refractivity contribution in [3.63, 3.8) is 0 Å². The molecule has 1 N–H and O–H groups in total. The van der Waals surface area contributed by atoms with Crippen LogP contribution in [0.2, 0.25) is 0 Å². The van der Waals surface area contributed by atoms with E-state index in [1.807, 2.05) is 31.4 Å². The highest BCUT2D eigenvalue weighted by atomic mass is 32.2. The first-order chi connectivity index (χ1) is 9.08. The van der Waals surface area contributed by atoms with Gasteiger partial charge >= 0.3 is 5.97 Å². The third-order valence-electron chi connectivity index (χ3n) is 2.76. The Morgan fingerprint density at radius 3 is 2.74 bits per heavy atom. The number of aryl methyl sites for hydroxylation is 1. The first-order valence-corrected chi connectivity index (χ1v) is 7.30. The lowest BCUT2D eigenvalue weighted by Gasteiger charge is -2.08. The Kier molecular flexibility index (Phi) is 6.42. The quantitative estimate of drug-likeness (QED) is 0.494. The summed E-state index contributed by atoms with van der Waals surface area (Å²) in [6, 6.07) is 5.82. The van der Waals surface area contributed by atoms with E-state index in [9.17, 15) is 9.59 Å². The normalized spacial score (nSPS) is 10.1. The van der Waals surface area contributed by atoms with Crippen LogP contribution in [-0.4, -0.2) is 31.8 Å². The topological polar surface area (TPSA) is 55.4 Å². The largest absolute Gasteiger partial charge is 0.469 e. The minimum atomic E-state index is -0.255. The highest BCUT2D eigenvalue weighted by Crippen LogP contribution is 2.18. The Balaban J connectivity index is 2.51. The molecule has 0 atom stereocenters. The average molecular weight is 281 g/mol. The van der Waals surface area contributed by atoms with Crippen LogP contribution < -0.4 is 5.32 Å². The monoisotopic (exact) mass is 281 g/mol. The summed E-state index contributed by atoms with van der Waals surface area (Å²) in [5.41, 5.74) is 1.63. The third-order valence-corrected chi connectivity index (χ3v) is 3.49. The number of rotatable bonds is 6. The van der Waals surface area contributed by atoms with Crippen LogP contribution in [0.3, 0.4) is 0 Å².